The van der Waals surface area contributed by atoms with Gasteiger partial charge in [-0.2, -0.15) is 0 Å². The lowest BCUT2D eigenvalue weighted by molar-refractivity contribution is -0.124. The summed E-state index contributed by atoms with van der Waals surface area (Å²) in [5.41, 5.74) is 2.04. The second-order valence-electron chi connectivity index (χ2n) is 5.70. The van der Waals surface area contributed by atoms with Crippen LogP contribution >= 0.6 is 15.9 Å². The molecule has 2 unspecified atom stereocenters. The largest absolute Gasteiger partial charge is 0.496 e. The molecule has 24 heavy (non-hydrogen) atoms. The SMILES string of the molecule is CNCC(C)C(=O)NC(c1ccccc1)c1ccc(OC)c(Br)c1. The Morgan fingerprint density at radius 2 is 1.88 bits per heavy atom. The van der Waals surface area contributed by atoms with Crippen LogP contribution in [0.15, 0.2) is 53.0 Å². The van der Waals surface area contributed by atoms with Crippen LogP contribution in [0.4, 0.5) is 0 Å². The minimum Gasteiger partial charge on any atom is -0.496 e. The summed E-state index contributed by atoms with van der Waals surface area (Å²) in [5, 5.41) is 6.20. The molecule has 0 aliphatic heterocycles. The zero-order valence-electron chi connectivity index (χ0n) is 14.2. The second-order valence-corrected chi connectivity index (χ2v) is 6.56. The van der Waals surface area contributed by atoms with E-state index in [1.807, 2.05) is 62.5 Å². The molecule has 2 atom stereocenters. The van der Waals surface area contributed by atoms with Crippen molar-refractivity contribution in [1.82, 2.24) is 10.6 Å². The highest BCUT2D eigenvalue weighted by Crippen LogP contribution is 2.30. The Morgan fingerprint density at radius 3 is 2.46 bits per heavy atom. The average Bonchev–Trinajstić information content (AvgIpc) is 2.60. The summed E-state index contributed by atoms with van der Waals surface area (Å²) in [5.74, 6) is 0.675. The Bertz CT molecular complexity index is 676. The number of rotatable bonds is 7. The van der Waals surface area contributed by atoms with E-state index < -0.39 is 0 Å². The highest BCUT2D eigenvalue weighted by atomic mass is 79.9. The van der Waals surface area contributed by atoms with Crippen LogP contribution in [0.25, 0.3) is 0 Å². The number of ether oxygens (including phenoxy) is 1. The summed E-state index contributed by atoms with van der Waals surface area (Å²) in [6.07, 6.45) is 0. The van der Waals surface area contributed by atoms with Crippen molar-refractivity contribution in [1.29, 1.82) is 0 Å². The van der Waals surface area contributed by atoms with Crippen molar-refractivity contribution in [2.24, 2.45) is 5.92 Å². The molecule has 0 saturated carbocycles. The van der Waals surface area contributed by atoms with Gasteiger partial charge in [0.2, 0.25) is 5.91 Å². The third kappa shape index (κ3) is 4.58. The van der Waals surface area contributed by atoms with E-state index in [4.69, 9.17) is 4.74 Å². The standard InChI is InChI=1S/C19H23BrN2O2/c1-13(12-21-2)19(23)22-18(14-7-5-4-6-8-14)15-9-10-17(24-3)16(20)11-15/h4-11,13,18,21H,12H2,1-3H3,(H,22,23). The number of halogens is 1. The van der Waals surface area contributed by atoms with Gasteiger partial charge in [0.05, 0.1) is 17.6 Å². The van der Waals surface area contributed by atoms with E-state index in [0.717, 1.165) is 21.3 Å². The predicted octanol–water partition coefficient (Wildman–Crippen LogP) is 3.52. The molecule has 0 aromatic heterocycles. The Hall–Kier alpha value is -1.85. The summed E-state index contributed by atoms with van der Waals surface area (Å²) >= 11 is 3.52. The van der Waals surface area contributed by atoms with Crippen LogP contribution in [0.3, 0.4) is 0 Å². The number of carbonyl (C=O) groups excluding carboxylic acids is 1. The quantitative estimate of drug-likeness (QED) is 0.760. The molecule has 2 N–H and O–H groups in total. The molecule has 0 radical (unpaired) electrons. The fourth-order valence-electron chi connectivity index (χ4n) is 2.55. The monoisotopic (exact) mass is 390 g/mol. The van der Waals surface area contributed by atoms with E-state index in [2.05, 4.69) is 26.6 Å². The smallest absolute Gasteiger partial charge is 0.224 e. The van der Waals surface area contributed by atoms with Crippen LogP contribution in [0.1, 0.15) is 24.1 Å². The van der Waals surface area contributed by atoms with Gasteiger partial charge < -0.3 is 15.4 Å². The molecule has 0 aliphatic carbocycles. The summed E-state index contributed by atoms with van der Waals surface area (Å²) < 4.78 is 6.16. The van der Waals surface area contributed by atoms with Gasteiger partial charge in [-0.3, -0.25) is 4.79 Å². The Morgan fingerprint density at radius 1 is 1.17 bits per heavy atom. The van der Waals surface area contributed by atoms with Crippen LogP contribution in [-0.4, -0.2) is 26.6 Å². The molecule has 2 aromatic carbocycles. The maximum atomic E-state index is 12.5. The van der Waals surface area contributed by atoms with Gasteiger partial charge in [-0.1, -0.05) is 43.3 Å². The molecule has 2 rings (SSSR count). The van der Waals surface area contributed by atoms with E-state index in [1.165, 1.54) is 0 Å². The van der Waals surface area contributed by atoms with Crippen molar-refractivity contribution in [3.8, 4) is 5.75 Å². The van der Waals surface area contributed by atoms with E-state index in [9.17, 15) is 4.79 Å². The number of hydrogen-bond acceptors (Lipinski definition) is 3. The van der Waals surface area contributed by atoms with Gasteiger partial charge in [0, 0.05) is 12.5 Å². The lowest BCUT2D eigenvalue weighted by Gasteiger charge is -2.22. The van der Waals surface area contributed by atoms with E-state index in [1.54, 1.807) is 7.11 Å². The predicted molar refractivity (Wildman–Crippen MR) is 100 cm³/mol. The summed E-state index contributed by atoms with van der Waals surface area (Å²) in [6, 6.07) is 15.6. The lowest BCUT2D eigenvalue weighted by atomic mass is 9.97. The first-order valence-corrected chi connectivity index (χ1v) is 8.69. The molecule has 0 saturated heterocycles. The van der Waals surface area contributed by atoms with Gasteiger partial charge in [0.1, 0.15) is 5.75 Å². The highest BCUT2D eigenvalue weighted by Gasteiger charge is 2.21. The van der Waals surface area contributed by atoms with Gasteiger partial charge in [-0.05, 0) is 46.2 Å². The van der Waals surface area contributed by atoms with Gasteiger partial charge in [-0.25, -0.2) is 0 Å². The van der Waals surface area contributed by atoms with E-state index in [0.29, 0.717) is 6.54 Å². The maximum absolute atomic E-state index is 12.5. The minimum absolute atomic E-state index is 0.0187. The third-order valence-corrected chi connectivity index (χ3v) is 4.51. The van der Waals surface area contributed by atoms with Crippen LogP contribution in [0, 0.1) is 5.92 Å². The molecule has 128 valence electrons. The molecule has 0 heterocycles. The van der Waals surface area contributed by atoms with E-state index >= 15 is 0 Å². The summed E-state index contributed by atoms with van der Waals surface area (Å²) in [7, 11) is 3.48. The third-order valence-electron chi connectivity index (χ3n) is 3.89. The number of benzene rings is 2. The number of amides is 1. The van der Waals surface area contributed by atoms with Crippen molar-refractivity contribution < 1.29 is 9.53 Å². The van der Waals surface area contributed by atoms with Gasteiger partial charge in [0.25, 0.3) is 0 Å². The van der Waals surface area contributed by atoms with Crippen molar-refractivity contribution in [3.63, 3.8) is 0 Å². The van der Waals surface area contributed by atoms with Crippen molar-refractivity contribution in [2.75, 3.05) is 20.7 Å². The van der Waals surface area contributed by atoms with Crippen molar-refractivity contribution in [3.05, 3.63) is 64.1 Å². The zero-order chi connectivity index (χ0) is 17.5. The minimum atomic E-state index is -0.208. The Labute approximate surface area is 151 Å². The first kappa shape index (κ1) is 18.5. The highest BCUT2D eigenvalue weighted by molar-refractivity contribution is 9.10. The molecular weight excluding hydrogens is 368 g/mol. The molecule has 2 aromatic rings. The molecule has 0 bridgehead atoms. The molecule has 0 aliphatic rings. The molecule has 4 nitrogen and oxygen atoms in total. The Kier molecular flexibility index (Phi) is 6.82. The molecule has 0 spiro atoms. The number of nitrogens with one attached hydrogen (secondary N) is 2. The van der Waals surface area contributed by atoms with Crippen LogP contribution in [0.2, 0.25) is 0 Å². The first-order valence-electron chi connectivity index (χ1n) is 7.90. The maximum Gasteiger partial charge on any atom is 0.224 e. The summed E-state index contributed by atoms with van der Waals surface area (Å²) in [6.45, 7) is 2.55. The van der Waals surface area contributed by atoms with Gasteiger partial charge in [0.15, 0.2) is 0 Å². The van der Waals surface area contributed by atoms with Crippen LogP contribution in [0.5, 0.6) is 5.75 Å². The second kappa shape index (κ2) is 8.85. The average molecular weight is 391 g/mol. The number of carbonyl (C=O) groups is 1. The zero-order valence-corrected chi connectivity index (χ0v) is 15.8. The normalized spacial score (nSPS) is 13.2. The topological polar surface area (TPSA) is 50.4 Å². The first-order chi connectivity index (χ1) is 11.6. The van der Waals surface area contributed by atoms with Crippen molar-refractivity contribution >= 4 is 21.8 Å². The number of methoxy groups -OCH3 is 1. The fourth-order valence-corrected chi connectivity index (χ4v) is 3.11. The van der Waals surface area contributed by atoms with Gasteiger partial charge >= 0.3 is 0 Å². The fraction of sp³-hybridized carbons (Fsp3) is 0.316. The lowest BCUT2D eigenvalue weighted by Crippen LogP contribution is -2.37. The van der Waals surface area contributed by atoms with Gasteiger partial charge in [-0.15, -0.1) is 0 Å². The van der Waals surface area contributed by atoms with Crippen LogP contribution in [-0.2, 0) is 4.79 Å². The van der Waals surface area contributed by atoms with E-state index in [-0.39, 0.29) is 17.9 Å². The number of hydrogen-bond donors (Lipinski definition) is 2. The Balaban J connectivity index is 2.33. The molecule has 5 heteroatoms. The van der Waals surface area contributed by atoms with Crippen LogP contribution < -0.4 is 15.4 Å². The molecule has 1 amide bonds. The molecule has 0 fully saturated rings. The van der Waals surface area contributed by atoms with Crippen molar-refractivity contribution in [2.45, 2.75) is 13.0 Å². The summed E-state index contributed by atoms with van der Waals surface area (Å²) in [4.78, 5) is 12.5. The molecular formula is C19H23BrN2O2.